The third-order valence-electron chi connectivity index (χ3n) is 4.92. The molecule has 0 saturated carbocycles. The molecule has 1 aliphatic rings. The van der Waals surface area contributed by atoms with Gasteiger partial charge in [0, 0.05) is 17.3 Å². The summed E-state index contributed by atoms with van der Waals surface area (Å²) >= 11 is 1.65. The lowest BCUT2D eigenvalue weighted by Gasteiger charge is -2.14. The largest absolute Gasteiger partial charge is 0.449 e. The number of aryl methyl sites for hydroxylation is 2. The van der Waals surface area contributed by atoms with Gasteiger partial charge < -0.3 is 10.1 Å². The van der Waals surface area contributed by atoms with Crippen LogP contribution in [-0.2, 0) is 4.74 Å². The number of benzene rings is 2. The van der Waals surface area contributed by atoms with Crippen molar-refractivity contribution in [2.75, 3.05) is 13.2 Å². The van der Waals surface area contributed by atoms with Crippen LogP contribution in [0.15, 0.2) is 54.6 Å². The Morgan fingerprint density at radius 2 is 1.75 bits per heavy atom. The van der Waals surface area contributed by atoms with Crippen molar-refractivity contribution in [2.45, 2.75) is 19.8 Å². The van der Waals surface area contributed by atoms with Crippen molar-refractivity contribution in [1.29, 1.82) is 0 Å². The minimum Gasteiger partial charge on any atom is -0.449 e. The summed E-state index contributed by atoms with van der Waals surface area (Å²) in [4.78, 5) is 17.6. The number of hydrogen-bond acceptors (Lipinski definition) is 4. The summed E-state index contributed by atoms with van der Waals surface area (Å²) < 4.78 is 5.53. The second-order valence-electron chi connectivity index (χ2n) is 6.79. The second kappa shape index (κ2) is 7.98. The molecule has 0 radical (unpaired) electrons. The first-order valence-corrected chi connectivity index (χ1v) is 10.1. The number of amides is 1. The molecule has 4 nitrogen and oxygen atoms in total. The Morgan fingerprint density at radius 3 is 2.36 bits per heavy atom. The summed E-state index contributed by atoms with van der Waals surface area (Å²) in [7, 11) is 0. The van der Waals surface area contributed by atoms with Crippen LogP contribution < -0.4 is 5.32 Å². The predicted molar refractivity (Wildman–Crippen MR) is 114 cm³/mol. The van der Waals surface area contributed by atoms with Gasteiger partial charge in [-0.15, -0.1) is 11.3 Å². The van der Waals surface area contributed by atoms with Gasteiger partial charge in [0.25, 0.3) is 0 Å². The number of carbonyl (C=O) groups excluding carboxylic acids is 1. The average molecular weight is 391 g/mol. The second-order valence-corrected chi connectivity index (χ2v) is 8.03. The zero-order valence-electron chi connectivity index (χ0n) is 15.9. The molecule has 0 unspecified atom stereocenters. The molecule has 0 atom stereocenters. The third-order valence-corrected chi connectivity index (χ3v) is 5.95. The first-order chi connectivity index (χ1) is 13.6. The van der Waals surface area contributed by atoms with Crippen LogP contribution in [0.2, 0.25) is 0 Å². The Labute approximate surface area is 168 Å². The molecule has 0 fully saturated rings. The minimum atomic E-state index is -0.399. The molecule has 28 heavy (non-hydrogen) atoms. The number of nitrogens with one attached hydrogen (secondary N) is 1. The minimum absolute atomic E-state index is 0.0801. The van der Waals surface area contributed by atoms with Crippen molar-refractivity contribution in [3.05, 3.63) is 81.3 Å². The maximum absolute atomic E-state index is 12.1. The molecule has 0 spiro atoms. The number of nitrogens with zero attached hydrogens (tertiary/aromatic N) is 1. The molecule has 1 N–H and O–H groups in total. The van der Waals surface area contributed by atoms with Crippen LogP contribution in [0, 0.1) is 13.8 Å². The fourth-order valence-corrected chi connectivity index (χ4v) is 4.52. The number of rotatable bonds is 5. The van der Waals surface area contributed by atoms with Gasteiger partial charge in [-0.25, -0.2) is 9.78 Å². The van der Waals surface area contributed by atoms with E-state index in [-0.39, 0.29) is 5.92 Å². The van der Waals surface area contributed by atoms with Gasteiger partial charge in [0.1, 0.15) is 6.61 Å². The van der Waals surface area contributed by atoms with Crippen LogP contribution in [0.3, 0.4) is 0 Å². The lowest BCUT2D eigenvalue weighted by atomic mass is 9.98. The Bertz CT molecular complexity index is 993. The van der Waals surface area contributed by atoms with E-state index in [0.717, 1.165) is 15.6 Å². The summed E-state index contributed by atoms with van der Waals surface area (Å²) in [6.07, 6.45) is 3.51. The first kappa shape index (κ1) is 18.4. The van der Waals surface area contributed by atoms with E-state index in [1.165, 1.54) is 22.3 Å². The molecule has 1 aromatic heterocycles. The molecule has 1 amide bonds. The summed E-state index contributed by atoms with van der Waals surface area (Å²) in [5.74, 6) is 0.0801. The van der Waals surface area contributed by atoms with Crippen molar-refractivity contribution in [3.8, 4) is 11.1 Å². The molecule has 142 valence electrons. The fourth-order valence-electron chi connectivity index (χ4n) is 3.66. The molecule has 4 rings (SSSR count). The zero-order valence-corrected chi connectivity index (χ0v) is 16.8. The van der Waals surface area contributed by atoms with Crippen LogP contribution >= 0.6 is 11.3 Å². The number of thiazole rings is 1. The highest BCUT2D eigenvalue weighted by molar-refractivity contribution is 7.12. The Morgan fingerprint density at radius 1 is 1.11 bits per heavy atom. The number of hydrogen-bond donors (Lipinski definition) is 1. The normalized spacial score (nSPS) is 12.8. The Hall–Kier alpha value is -2.92. The van der Waals surface area contributed by atoms with Gasteiger partial charge in [-0.1, -0.05) is 54.6 Å². The summed E-state index contributed by atoms with van der Waals surface area (Å²) in [6, 6.07) is 16.6. The summed E-state index contributed by atoms with van der Waals surface area (Å²) in [6.45, 7) is 4.73. The van der Waals surface area contributed by atoms with E-state index in [2.05, 4.69) is 34.6 Å². The van der Waals surface area contributed by atoms with E-state index in [4.69, 9.17) is 4.74 Å². The standard InChI is InChI=1S/C23H22N2O2S/c1-15-22(28-16(2)25-15)12-7-13-24-23(26)27-14-21-19-10-5-3-8-17(19)18-9-4-6-11-20(18)21/h3-12,21H,13-14H2,1-2H3,(H,24,26). The topological polar surface area (TPSA) is 51.2 Å². The van der Waals surface area contributed by atoms with E-state index in [1.54, 1.807) is 11.3 Å². The molecule has 0 saturated heterocycles. The molecular weight excluding hydrogens is 368 g/mol. The van der Waals surface area contributed by atoms with Crippen LogP contribution in [0.1, 0.15) is 32.6 Å². The molecule has 1 aliphatic carbocycles. The lowest BCUT2D eigenvalue weighted by Crippen LogP contribution is -2.26. The summed E-state index contributed by atoms with van der Waals surface area (Å²) in [5, 5.41) is 3.83. The van der Waals surface area contributed by atoms with Crippen molar-refractivity contribution < 1.29 is 9.53 Å². The molecule has 3 aromatic rings. The van der Waals surface area contributed by atoms with Gasteiger partial charge in [-0.05, 0) is 42.2 Å². The highest BCUT2D eigenvalue weighted by atomic mass is 32.1. The molecule has 0 aliphatic heterocycles. The quantitative estimate of drug-likeness (QED) is 0.642. The van der Waals surface area contributed by atoms with Crippen LogP contribution in [0.4, 0.5) is 4.79 Å². The maximum atomic E-state index is 12.1. The highest BCUT2D eigenvalue weighted by Crippen LogP contribution is 2.44. The molecule has 5 heteroatoms. The molecular formula is C23H22N2O2S. The van der Waals surface area contributed by atoms with Gasteiger partial charge >= 0.3 is 6.09 Å². The Balaban J connectivity index is 1.34. The SMILES string of the molecule is Cc1nc(C)c(C=CCNC(=O)OCC2c3ccccc3-c3ccccc32)s1. The zero-order chi connectivity index (χ0) is 19.5. The fraction of sp³-hybridized carbons (Fsp3) is 0.217. The van der Waals surface area contributed by atoms with Crippen molar-refractivity contribution in [1.82, 2.24) is 10.3 Å². The van der Waals surface area contributed by atoms with Gasteiger partial charge in [0.2, 0.25) is 0 Å². The monoisotopic (exact) mass is 390 g/mol. The van der Waals surface area contributed by atoms with Crippen molar-refractivity contribution in [2.24, 2.45) is 0 Å². The van der Waals surface area contributed by atoms with Crippen molar-refractivity contribution in [3.63, 3.8) is 0 Å². The predicted octanol–water partition coefficient (Wildman–Crippen LogP) is 5.31. The number of alkyl carbamates (subject to hydrolysis) is 1. The van der Waals surface area contributed by atoms with E-state index in [9.17, 15) is 4.79 Å². The maximum Gasteiger partial charge on any atom is 0.407 e. The van der Waals surface area contributed by atoms with Gasteiger partial charge in [0.15, 0.2) is 0 Å². The number of aromatic nitrogens is 1. The highest BCUT2D eigenvalue weighted by Gasteiger charge is 2.28. The van der Waals surface area contributed by atoms with E-state index >= 15 is 0 Å². The van der Waals surface area contributed by atoms with Crippen LogP contribution in [0.25, 0.3) is 17.2 Å². The first-order valence-electron chi connectivity index (χ1n) is 9.33. The van der Waals surface area contributed by atoms with E-state index in [0.29, 0.717) is 13.2 Å². The Kier molecular flexibility index (Phi) is 5.26. The molecule has 1 heterocycles. The van der Waals surface area contributed by atoms with Gasteiger partial charge in [0.05, 0.1) is 10.7 Å². The van der Waals surface area contributed by atoms with Crippen molar-refractivity contribution >= 4 is 23.5 Å². The third kappa shape index (κ3) is 3.71. The smallest absolute Gasteiger partial charge is 0.407 e. The van der Waals surface area contributed by atoms with Gasteiger partial charge in [-0.3, -0.25) is 0 Å². The average Bonchev–Trinajstić information content (AvgIpc) is 3.20. The molecule has 0 bridgehead atoms. The van der Waals surface area contributed by atoms with E-state index < -0.39 is 6.09 Å². The molecule has 2 aromatic carbocycles. The van der Waals surface area contributed by atoms with Crippen LogP contribution in [0.5, 0.6) is 0 Å². The van der Waals surface area contributed by atoms with Gasteiger partial charge in [-0.2, -0.15) is 0 Å². The number of carbonyl (C=O) groups is 1. The lowest BCUT2D eigenvalue weighted by molar-refractivity contribution is 0.144. The number of ether oxygens (including phenoxy) is 1. The number of fused-ring (bicyclic) bond motifs is 3. The van der Waals surface area contributed by atoms with E-state index in [1.807, 2.05) is 50.3 Å². The van der Waals surface area contributed by atoms with Crippen LogP contribution in [-0.4, -0.2) is 24.2 Å². The summed E-state index contributed by atoms with van der Waals surface area (Å²) in [5.41, 5.74) is 5.90.